The molecular formula is C13H15N. The molecule has 1 aromatic carbocycles. The molecule has 0 bridgehead atoms. The van der Waals surface area contributed by atoms with E-state index in [-0.39, 0.29) is 0 Å². The van der Waals surface area contributed by atoms with Gasteiger partial charge in [-0.05, 0) is 35.4 Å². The summed E-state index contributed by atoms with van der Waals surface area (Å²) < 4.78 is 0. The van der Waals surface area contributed by atoms with Crippen molar-refractivity contribution in [1.82, 2.24) is 4.98 Å². The van der Waals surface area contributed by atoms with Crippen LogP contribution in [0.25, 0.3) is 10.8 Å². The summed E-state index contributed by atoms with van der Waals surface area (Å²) in [5.41, 5.74) is 2.79. The van der Waals surface area contributed by atoms with Crippen LogP contribution < -0.4 is 0 Å². The molecule has 0 unspecified atom stereocenters. The zero-order chi connectivity index (χ0) is 10.1. The van der Waals surface area contributed by atoms with E-state index >= 15 is 0 Å². The summed E-state index contributed by atoms with van der Waals surface area (Å²) in [6.45, 7) is 6.63. The molecule has 2 rings (SSSR count). The molecule has 1 nitrogen and oxygen atoms in total. The Labute approximate surface area is 84.8 Å². The van der Waals surface area contributed by atoms with Crippen molar-refractivity contribution in [1.29, 1.82) is 0 Å². The molecule has 1 heterocycles. The number of aromatic nitrogens is 1. The van der Waals surface area contributed by atoms with Gasteiger partial charge in [-0.15, -0.1) is 0 Å². The van der Waals surface area contributed by atoms with Gasteiger partial charge >= 0.3 is 0 Å². The van der Waals surface area contributed by atoms with Crippen molar-refractivity contribution >= 4 is 10.8 Å². The number of hydrogen-bond acceptors (Lipinski definition) is 1. The van der Waals surface area contributed by atoms with E-state index in [0.717, 1.165) is 0 Å². The van der Waals surface area contributed by atoms with Crippen LogP contribution in [0.3, 0.4) is 0 Å². The van der Waals surface area contributed by atoms with Crippen LogP contribution in [-0.2, 0) is 0 Å². The maximum atomic E-state index is 4.20. The first kappa shape index (κ1) is 9.20. The summed E-state index contributed by atoms with van der Waals surface area (Å²) in [5.74, 6) is 0.558. The molecule has 2 aromatic rings. The number of fused-ring (bicyclic) bond motifs is 1. The Kier molecular flexibility index (Phi) is 2.24. The highest BCUT2D eigenvalue weighted by molar-refractivity contribution is 5.86. The van der Waals surface area contributed by atoms with Gasteiger partial charge in [0.2, 0.25) is 0 Å². The molecule has 0 N–H and O–H groups in total. The Morgan fingerprint density at radius 2 is 1.93 bits per heavy atom. The monoisotopic (exact) mass is 185 g/mol. The van der Waals surface area contributed by atoms with Crippen LogP contribution in [0, 0.1) is 6.92 Å². The number of nitrogens with zero attached hydrogens (tertiary/aromatic N) is 1. The lowest BCUT2D eigenvalue weighted by molar-refractivity contribution is 0.866. The maximum Gasteiger partial charge on any atom is 0.0349 e. The standard InChI is InChI=1S/C13H15N/c1-9(2)13-10(3)4-5-11-6-7-14-8-12(11)13/h4-9H,1-3H3. The first-order valence-corrected chi connectivity index (χ1v) is 5.03. The van der Waals surface area contributed by atoms with Crippen LogP contribution in [0.4, 0.5) is 0 Å². The molecule has 0 amide bonds. The van der Waals surface area contributed by atoms with Gasteiger partial charge in [-0.1, -0.05) is 26.0 Å². The van der Waals surface area contributed by atoms with Gasteiger partial charge in [0.15, 0.2) is 0 Å². The smallest absolute Gasteiger partial charge is 0.0349 e. The SMILES string of the molecule is Cc1ccc2ccncc2c1C(C)C. The van der Waals surface area contributed by atoms with Crippen LogP contribution in [0.15, 0.2) is 30.6 Å². The molecule has 0 aliphatic heterocycles. The first-order valence-electron chi connectivity index (χ1n) is 5.03. The number of pyridine rings is 1. The van der Waals surface area contributed by atoms with E-state index in [1.807, 2.05) is 12.4 Å². The summed E-state index contributed by atoms with van der Waals surface area (Å²) in [6.07, 6.45) is 3.82. The Bertz CT molecular complexity index is 458. The number of benzene rings is 1. The molecule has 72 valence electrons. The van der Waals surface area contributed by atoms with E-state index in [0.29, 0.717) is 5.92 Å². The highest BCUT2D eigenvalue weighted by Gasteiger charge is 2.07. The number of rotatable bonds is 1. The fourth-order valence-electron chi connectivity index (χ4n) is 2.06. The van der Waals surface area contributed by atoms with E-state index in [1.54, 1.807) is 0 Å². The predicted octanol–water partition coefficient (Wildman–Crippen LogP) is 3.67. The fourth-order valence-corrected chi connectivity index (χ4v) is 2.06. The first-order chi connectivity index (χ1) is 6.70. The van der Waals surface area contributed by atoms with Crippen LogP contribution in [0.1, 0.15) is 30.9 Å². The van der Waals surface area contributed by atoms with Crippen molar-refractivity contribution in [2.24, 2.45) is 0 Å². The fraction of sp³-hybridized carbons (Fsp3) is 0.308. The second-order valence-electron chi connectivity index (χ2n) is 4.05. The van der Waals surface area contributed by atoms with E-state index in [2.05, 4.69) is 44.0 Å². The van der Waals surface area contributed by atoms with Crippen molar-refractivity contribution in [3.63, 3.8) is 0 Å². The minimum Gasteiger partial charge on any atom is -0.264 e. The highest BCUT2D eigenvalue weighted by atomic mass is 14.6. The summed E-state index contributed by atoms with van der Waals surface area (Å²) in [5, 5.41) is 2.58. The Morgan fingerprint density at radius 3 is 2.64 bits per heavy atom. The molecule has 0 atom stereocenters. The minimum atomic E-state index is 0.558. The second-order valence-corrected chi connectivity index (χ2v) is 4.05. The van der Waals surface area contributed by atoms with Crippen molar-refractivity contribution < 1.29 is 0 Å². The molecule has 0 fully saturated rings. The average Bonchev–Trinajstić information content (AvgIpc) is 2.17. The zero-order valence-corrected chi connectivity index (χ0v) is 8.91. The van der Waals surface area contributed by atoms with Crippen LogP contribution >= 0.6 is 0 Å². The van der Waals surface area contributed by atoms with E-state index < -0.39 is 0 Å². The third-order valence-corrected chi connectivity index (χ3v) is 2.66. The summed E-state index contributed by atoms with van der Waals surface area (Å²) in [4.78, 5) is 4.20. The van der Waals surface area contributed by atoms with E-state index in [4.69, 9.17) is 0 Å². The zero-order valence-electron chi connectivity index (χ0n) is 8.91. The van der Waals surface area contributed by atoms with Gasteiger partial charge < -0.3 is 0 Å². The highest BCUT2D eigenvalue weighted by Crippen LogP contribution is 2.27. The maximum absolute atomic E-state index is 4.20. The second kappa shape index (κ2) is 3.41. The molecular weight excluding hydrogens is 170 g/mol. The van der Waals surface area contributed by atoms with Crippen molar-refractivity contribution in [3.8, 4) is 0 Å². The topological polar surface area (TPSA) is 12.9 Å². The van der Waals surface area contributed by atoms with Crippen LogP contribution in [-0.4, -0.2) is 4.98 Å². The van der Waals surface area contributed by atoms with Gasteiger partial charge in [0.05, 0.1) is 0 Å². The summed E-state index contributed by atoms with van der Waals surface area (Å²) >= 11 is 0. The summed E-state index contributed by atoms with van der Waals surface area (Å²) in [7, 11) is 0. The van der Waals surface area contributed by atoms with Crippen molar-refractivity contribution in [2.75, 3.05) is 0 Å². The predicted molar refractivity (Wildman–Crippen MR) is 60.6 cm³/mol. The average molecular weight is 185 g/mol. The third-order valence-electron chi connectivity index (χ3n) is 2.66. The quantitative estimate of drug-likeness (QED) is 0.660. The molecule has 0 radical (unpaired) electrons. The lowest BCUT2D eigenvalue weighted by atomic mass is 9.93. The van der Waals surface area contributed by atoms with Crippen molar-refractivity contribution in [2.45, 2.75) is 26.7 Å². The Hall–Kier alpha value is -1.37. The van der Waals surface area contributed by atoms with Crippen LogP contribution in [0.2, 0.25) is 0 Å². The lowest BCUT2D eigenvalue weighted by Crippen LogP contribution is -1.94. The Balaban J connectivity index is 2.83. The Morgan fingerprint density at radius 1 is 1.14 bits per heavy atom. The minimum absolute atomic E-state index is 0.558. The molecule has 0 aliphatic carbocycles. The van der Waals surface area contributed by atoms with Gasteiger partial charge in [-0.25, -0.2) is 0 Å². The molecule has 1 aromatic heterocycles. The van der Waals surface area contributed by atoms with Gasteiger partial charge in [0, 0.05) is 17.8 Å². The number of hydrogen-bond donors (Lipinski definition) is 0. The van der Waals surface area contributed by atoms with Crippen molar-refractivity contribution in [3.05, 3.63) is 41.7 Å². The largest absolute Gasteiger partial charge is 0.264 e. The normalized spacial score (nSPS) is 11.1. The molecule has 0 saturated heterocycles. The third kappa shape index (κ3) is 1.39. The molecule has 0 spiro atoms. The van der Waals surface area contributed by atoms with Gasteiger partial charge in [0.25, 0.3) is 0 Å². The molecule has 0 aliphatic rings. The van der Waals surface area contributed by atoms with Gasteiger partial charge in [0.1, 0.15) is 0 Å². The van der Waals surface area contributed by atoms with Crippen LogP contribution in [0.5, 0.6) is 0 Å². The van der Waals surface area contributed by atoms with Gasteiger partial charge in [-0.2, -0.15) is 0 Å². The molecule has 1 heteroatoms. The van der Waals surface area contributed by atoms with Gasteiger partial charge in [-0.3, -0.25) is 4.98 Å². The summed E-state index contributed by atoms with van der Waals surface area (Å²) in [6, 6.07) is 6.43. The lowest BCUT2D eigenvalue weighted by Gasteiger charge is -2.12. The number of aryl methyl sites for hydroxylation is 1. The van der Waals surface area contributed by atoms with E-state index in [1.165, 1.54) is 21.9 Å². The van der Waals surface area contributed by atoms with E-state index in [9.17, 15) is 0 Å². The molecule has 14 heavy (non-hydrogen) atoms. The molecule has 0 saturated carbocycles.